The van der Waals surface area contributed by atoms with Crippen molar-refractivity contribution in [2.45, 2.75) is 5.60 Å². The molecule has 0 aliphatic heterocycles. The minimum Gasteiger partial charge on any atom is -0.440 e. The van der Waals surface area contributed by atoms with Gasteiger partial charge in [-0.3, -0.25) is 4.79 Å². The van der Waals surface area contributed by atoms with Crippen LogP contribution in [0.3, 0.4) is 0 Å². The molecule has 0 unspecified atom stereocenters. The summed E-state index contributed by atoms with van der Waals surface area (Å²) in [5.41, 5.74) is 1.46. The van der Waals surface area contributed by atoms with Crippen LogP contribution in [0.1, 0.15) is 16.9 Å². The Morgan fingerprint density at radius 3 is 2.04 bits per heavy atom. The van der Waals surface area contributed by atoms with Gasteiger partial charge < -0.3 is 14.4 Å². The van der Waals surface area contributed by atoms with Crippen molar-refractivity contribution >= 4 is 18.0 Å². The highest BCUT2D eigenvalue weighted by molar-refractivity contribution is 5.90. The summed E-state index contributed by atoms with van der Waals surface area (Å²) in [5.74, 6) is 0.505. The Bertz CT molecular complexity index is 879. The van der Waals surface area contributed by atoms with E-state index in [1.54, 1.807) is 60.7 Å². The number of aliphatic hydroxyl groups is 1. The maximum absolute atomic E-state index is 12.9. The predicted octanol–water partition coefficient (Wildman–Crippen LogP) is 2.73. The molecule has 1 aromatic heterocycles. The zero-order chi connectivity index (χ0) is 19.3. The minimum atomic E-state index is -1.86. The van der Waals surface area contributed by atoms with Crippen LogP contribution in [0.25, 0.3) is 0 Å². The van der Waals surface area contributed by atoms with Gasteiger partial charge in [-0.2, -0.15) is 5.10 Å². The summed E-state index contributed by atoms with van der Waals surface area (Å²) in [6.45, 7) is 0. The lowest BCUT2D eigenvalue weighted by Crippen LogP contribution is -2.43. The van der Waals surface area contributed by atoms with Gasteiger partial charge in [0.2, 0.25) is 0 Å². The third-order valence-corrected chi connectivity index (χ3v) is 4.12. The Kier molecular flexibility index (Phi) is 5.38. The van der Waals surface area contributed by atoms with Crippen molar-refractivity contribution in [1.82, 2.24) is 5.43 Å². The van der Waals surface area contributed by atoms with Crippen LogP contribution < -0.4 is 10.3 Å². The van der Waals surface area contributed by atoms with Crippen molar-refractivity contribution in [3.63, 3.8) is 0 Å². The lowest BCUT2D eigenvalue weighted by atomic mass is 9.85. The average Bonchev–Trinajstić information content (AvgIpc) is 3.18. The molecule has 0 atom stereocenters. The first kappa shape index (κ1) is 18.4. The normalized spacial score (nSPS) is 11.5. The number of hydrazone groups is 1. The van der Waals surface area contributed by atoms with E-state index in [1.807, 2.05) is 31.1 Å². The number of hydrogen-bond acceptors (Lipinski definition) is 5. The van der Waals surface area contributed by atoms with Gasteiger partial charge in [0.15, 0.2) is 11.5 Å². The Hall–Kier alpha value is -3.38. The summed E-state index contributed by atoms with van der Waals surface area (Å²) in [6, 6.07) is 21.1. The van der Waals surface area contributed by atoms with E-state index < -0.39 is 11.5 Å². The number of anilines is 1. The summed E-state index contributed by atoms with van der Waals surface area (Å²) in [5, 5.41) is 15.2. The molecule has 0 bridgehead atoms. The lowest BCUT2D eigenvalue weighted by molar-refractivity contribution is -0.136. The summed E-state index contributed by atoms with van der Waals surface area (Å²) in [6.07, 6.45) is 1.39. The zero-order valence-electron chi connectivity index (χ0n) is 15.2. The summed E-state index contributed by atoms with van der Waals surface area (Å²) in [7, 11) is 3.72. The third kappa shape index (κ3) is 3.91. The number of nitrogens with zero attached hydrogens (tertiary/aromatic N) is 2. The maximum atomic E-state index is 12.9. The Morgan fingerprint density at radius 1 is 1.00 bits per heavy atom. The molecule has 0 aliphatic carbocycles. The first-order valence-corrected chi connectivity index (χ1v) is 8.46. The zero-order valence-corrected chi connectivity index (χ0v) is 15.2. The van der Waals surface area contributed by atoms with Gasteiger partial charge in [0.1, 0.15) is 5.76 Å². The molecule has 3 aromatic rings. The molecule has 3 rings (SSSR count). The first-order valence-electron chi connectivity index (χ1n) is 8.46. The SMILES string of the molecule is CN(C)c1ccc(/C=N\NC(=O)C(O)(c2ccccc2)c2ccccc2)o1. The van der Waals surface area contributed by atoms with Gasteiger partial charge in [-0.1, -0.05) is 60.7 Å². The van der Waals surface area contributed by atoms with E-state index in [4.69, 9.17) is 4.42 Å². The van der Waals surface area contributed by atoms with E-state index in [2.05, 4.69) is 10.5 Å². The molecular weight excluding hydrogens is 342 g/mol. The van der Waals surface area contributed by atoms with E-state index in [1.165, 1.54) is 6.21 Å². The second-order valence-corrected chi connectivity index (χ2v) is 6.21. The number of hydrogen-bond donors (Lipinski definition) is 2. The van der Waals surface area contributed by atoms with Crippen LogP contribution in [0.5, 0.6) is 0 Å². The fourth-order valence-electron chi connectivity index (χ4n) is 2.67. The molecule has 0 fully saturated rings. The minimum absolute atomic E-state index is 0.455. The fourth-order valence-corrected chi connectivity index (χ4v) is 2.67. The van der Waals surface area contributed by atoms with Crippen LogP contribution in [-0.2, 0) is 10.4 Å². The Balaban J connectivity index is 1.84. The molecule has 0 radical (unpaired) electrons. The van der Waals surface area contributed by atoms with Gasteiger partial charge >= 0.3 is 0 Å². The second kappa shape index (κ2) is 7.88. The van der Waals surface area contributed by atoms with E-state index >= 15 is 0 Å². The second-order valence-electron chi connectivity index (χ2n) is 6.21. The van der Waals surface area contributed by atoms with Gasteiger partial charge in [-0.25, -0.2) is 5.43 Å². The molecule has 0 aliphatic rings. The smallest absolute Gasteiger partial charge is 0.281 e. The molecule has 27 heavy (non-hydrogen) atoms. The molecular formula is C21H21N3O3. The number of nitrogens with one attached hydrogen (secondary N) is 1. The molecule has 6 heteroatoms. The monoisotopic (exact) mass is 363 g/mol. The molecule has 2 aromatic carbocycles. The predicted molar refractivity (Wildman–Crippen MR) is 105 cm³/mol. The summed E-state index contributed by atoms with van der Waals surface area (Å²) < 4.78 is 5.54. The van der Waals surface area contributed by atoms with Gasteiger partial charge in [-0.15, -0.1) is 0 Å². The molecule has 1 amide bonds. The Morgan fingerprint density at radius 2 is 1.56 bits per heavy atom. The number of rotatable bonds is 6. The quantitative estimate of drug-likeness (QED) is 0.521. The van der Waals surface area contributed by atoms with Crippen molar-refractivity contribution in [2.24, 2.45) is 5.10 Å². The van der Waals surface area contributed by atoms with Crippen molar-refractivity contribution < 1.29 is 14.3 Å². The molecule has 138 valence electrons. The molecule has 2 N–H and O–H groups in total. The number of carbonyl (C=O) groups excluding carboxylic acids is 1. The third-order valence-electron chi connectivity index (χ3n) is 4.12. The standard InChI is InChI=1S/C21H21N3O3/c1-24(2)19-14-13-18(27-19)15-22-23-20(25)21(26,16-9-5-3-6-10-16)17-11-7-4-8-12-17/h3-15,26H,1-2H3,(H,23,25)/b22-15-. The van der Waals surface area contributed by atoms with Crippen LogP contribution in [-0.4, -0.2) is 31.3 Å². The highest BCUT2D eigenvalue weighted by Gasteiger charge is 2.39. The first-order chi connectivity index (χ1) is 13.0. The van der Waals surface area contributed by atoms with Crippen LogP contribution in [0.4, 0.5) is 5.88 Å². The van der Waals surface area contributed by atoms with Gasteiger partial charge in [0.25, 0.3) is 5.91 Å². The van der Waals surface area contributed by atoms with Crippen LogP contribution in [0.2, 0.25) is 0 Å². The van der Waals surface area contributed by atoms with Gasteiger partial charge in [0, 0.05) is 20.2 Å². The van der Waals surface area contributed by atoms with Crippen molar-refractivity contribution in [3.8, 4) is 0 Å². The number of amides is 1. The highest BCUT2D eigenvalue weighted by atomic mass is 16.4. The van der Waals surface area contributed by atoms with E-state index in [0.717, 1.165) is 0 Å². The van der Waals surface area contributed by atoms with Crippen LogP contribution in [0.15, 0.2) is 82.3 Å². The van der Waals surface area contributed by atoms with Crippen molar-refractivity contribution in [2.75, 3.05) is 19.0 Å². The largest absolute Gasteiger partial charge is 0.440 e. The Labute approximate surface area is 157 Å². The lowest BCUT2D eigenvalue weighted by Gasteiger charge is -2.26. The molecule has 1 heterocycles. The number of furan rings is 1. The van der Waals surface area contributed by atoms with E-state index in [9.17, 15) is 9.90 Å². The van der Waals surface area contributed by atoms with Crippen LogP contribution >= 0.6 is 0 Å². The maximum Gasteiger partial charge on any atom is 0.281 e. The average molecular weight is 363 g/mol. The summed E-state index contributed by atoms with van der Waals surface area (Å²) >= 11 is 0. The molecule has 6 nitrogen and oxygen atoms in total. The van der Waals surface area contributed by atoms with Gasteiger partial charge in [-0.05, 0) is 17.2 Å². The van der Waals surface area contributed by atoms with Crippen molar-refractivity contribution in [3.05, 3.63) is 89.7 Å². The van der Waals surface area contributed by atoms with Gasteiger partial charge in [0.05, 0.1) is 6.21 Å². The topological polar surface area (TPSA) is 78.1 Å². The van der Waals surface area contributed by atoms with E-state index in [-0.39, 0.29) is 0 Å². The number of benzene rings is 2. The number of carbonyl (C=O) groups is 1. The van der Waals surface area contributed by atoms with E-state index in [0.29, 0.717) is 22.8 Å². The molecule has 0 saturated heterocycles. The summed E-state index contributed by atoms with van der Waals surface area (Å²) in [4.78, 5) is 14.7. The van der Waals surface area contributed by atoms with Crippen LogP contribution in [0, 0.1) is 0 Å². The fraction of sp³-hybridized carbons (Fsp3) is 0.143. The molecule has 0 spiro atoms. The molecule has 0 saturated carbocycles. The van der Waals surface area contributed by atoms with Crippen molar-refractivity contribution in [1.29, 1.82) is 0 Å². The highest BCUT2D eigenvalue weighted by Crippen LogP contribution is 2.29.